The smallest absolute Gasteiger partial charge is 0.393 e. The predicted molar refractivity (Wildman–Crippen MR) is 111 cm³/mol. The summed E-state index contributed by atoms with van der Waals surface area (Å²) < 4.78 is 83.2. The molecule has 0 aliphatic heterocycles. The van der Waals surface area contributed by atoms with Gasteiger partial charge in [-0.2, -0.15) is 26.9 Å². The van der Waals surface area contributed by atoms with Crippen LogP contribution in [0.3, 0.4) is 0 Å². The maximum atomic E-state index is 13.8. The van der Waals surface area contributed by atoms with Crippen LogP contribution in [0.4, 0.5) is 32.2 Å². The molecule has 5 nitrogen and oxygen atoms in total. The first-order valence-electron chi connectivity index (χ1n) is 9.62. The first-order valence-corrected chi connectivity index (χ1v) is 9.62. The van der Waals surface area contributed by atoms with E-state index in [1.807, 2.05) is 0 Å². The van der Waals surface area contributed by atoms with Crippen molar-refractivity contribution in [1.82, 2.24) is 9.38 Å². The molecule has 0 fully saturated rings. The minimum Gasteiger partial charge on any atom is -0.393 e. The summed E-state index contributed by atoms with van der Waals surface area (Å²) in [6.45, 7) is -3.51. The molecule has 4 aromatic rings. The molecule has 11 heteroatoms. The van der Waals surface area contributed by atoms with Gasteiger partial charge in [-0.15, -0.1) is 4.39 Å². The fourth-order valence-corrected chi connectivity index (χ4v) is 3.29. The molecule has 0 N–H and O–H groups in total. The third-order valence-corrected chi connectivity index (χ3v) is 4.74. The van der Waals surface area contributed by atoms with Crippen molar-refractivity contribution in [2.45, 2.75) is 12.8 Å². The fraction of sp³-hybridized carbons (Fsp3) is 0.0870. The van der Waals surface area contributed by atoms with Crippen LogP contribution in [0.25, 0.3) is 16.9 Å². The van der Waals surface area contributed by atoms with Gasteiger partial charge in [0.1, 0.15) is 5.65 Å². The Labute approximate surface area is 188 Å². The summed E-state index contributed by atoms with van der Waals surface area (Å²) >= 11 is 0. The summed E-state index contributed by atoms with van der Waals surface area (Å²) in [6, 6.07) is 15.0. The van der Waals surface area contributed by atoms with Crippen LogP contribution in [0.15, 0.2) is 77.9 Å². The van der Waals surface area contributed by atoms with Gasteiger partial charge in [-0.1, -0.05) is 42.5 Å². The maximum absolute atomic E-state index is 13.8. The molecule has 0 unspecified atom stereocenters. The number of ether oxygens (including phenoxy) is 1. The molecule has 174 valence electrons. The Morgan fingerprint density at radius 1 is 0.971 bits per heavy atom. The lowest BCUT2D eigenvalue weighted by atomic mass is 10.0. The molecule has 0 saturated heterocycles. The van der Waals surface area contributed by atoms with Gasteiger partial charge in [0.15, 0.2) is 11.6 Å². The zero-order chi connectivity index (χ0) is 24.5. The molecule has 0 aliphatic carbocycles. The lowest BCUT2D eigenvalue weighted by Crippen LogP contribution is -2.05. The summed E-state index contributed by atoms with van der Waals surface area (Å²) in [5.74, 6) is -0.898. The highest BCUT2D eigenvalue weighted by Crippen LogP contribution is 2.36. The predicted octanol–water partition coefficient (Wildman–Crippen LogP) is 6.45. The summed E-state index contributed by atoms with van der Waals surface area (Å²) in [5, 5.41) is 0. The van der Waals surface area contributed by atoms with E-state index in [1.54, 1.807) is 30.3 Å². The van der Waals surface area contributed by atoms with Gasteiger partial charge >= 0.3 is 18.9 Å². The van der Waals surface area contributed by atoms with Crippen LogP contribution in [0.2, 0.25) is 0 Å². The van der Waals surface area contributed by atoms with E-state index in [9.17, 15) is 31.1 Å². The molecule has 0 amide bonds. The molecule has 0 bridgehead atoms. The van der Waals surface area contributed by atoms with Gasteiger partial charge in [-0.25, -0.2) is 4.98 Å². The van der Waals surface area contributed by atoms with Crippen LogP contribution in [-0.2, 0) is 10.9 Å². The average molecular weight is 477 g/mol. The zero-order valence-electron chi connectivity index (χ0n) is 16.9. The van der Waals surface area contributed by atoms with E-state index in [0.29, 0.717) is 5.56 Å². The third kappa shape index (κ3) is 4.77. The second-order valence-corrected chi connectivity index (χ2v) is 6.95. The molecule has 2 aromatic heterocycles. The number of aliphatic imine (C=N–C) groups is 1. The van der Waals surface area contributed by atoms with Gasteiger partial charge in [0.05, 0.1) is 11.3 Å². The van der Waals surface area contributed by atoms with E-state index in [-0.39, 0.29) is 28.3 Å². The number of benzene rings is 2. The average Bonchev–Trinajstić information content (AvgIpc) is 3.14. The summed E-state index contributed by atoms with van der Waals surface area (Å²) in [6.07, 6.45) is -5.30. The van der Waals surface area contributed by atoms with Crippen LogP contribution < -0.4 is 0 Å². The molecule has 0 atom stereocenters. The minimum atomic E-state index is -4.68. The summed E-state index contributed by atoms with van der Waals surface area (Å²) in [7, 11) is 0. The van der Waals surface area contributed by atoms with Gasteiger partial charge in [-0.05, 0) is 24.3 Å². The Hall–Kier alpha value is -4.15. The Morgan fingerprint density at radius 3 is 2.38 bits per heavy atom. The number of carbonyl (C=O) groups is 1. The van der Waals surface area contributed by atoms with E-state index >= 15 is 0 Å². The van der Waals surface area contributed by atoms with Gasteiger partial charge in [0.2, 0.25) is 0 Å². The van der Waals surface area contributed by atoms with E-state index in [0.717, 1.165) is 18.2 Å². The largest absolute Gasteiger partial charge is 0.416 e. The van der Waals surface area contributed by atoms with E-state index in [4.69, 9.17) is 0 Å². The number of nitrogens with zero attached hydrogens (tertiary/aromatic N) is 3. The molecule has 2 heterocycles. The number of carbonyl (C=O) groups excluding carboxylic acids is 1. The van der Waals surface area contributed by atoms with E-state index in [2.05, 4.69) is 14.7 Å². The van der Waals surface area contributed by atoms with Crippen molar-refractivity contribution in [3.8, 4) is 11.3 Å². The van der Waals surface area contributed by atoms with Gasteiger partial charge in [0, 0.05) is 22.9 Å². The fourth-order valence-electron chi connectivity index (χ4n) is 3.29. The Morgan fingerprint density at radius 2 is 1.71 bits per heavy atom. The van der Waals surface area contributed by atoms with Gasteiger partial charge in [-0.3, -0.25) is 9.20 Å². The molecule has 4 rings (SSSR count). The number of ketones is 1. The van der Waals surface area contributed by atoms with Crippen molar-refractivity contribution in [3.63, 3.8) is 0 Å². The topological polar surface area (TPSA) is 56.0 Å². The Bertz CT molecular complexity index is 1380. The summed E-state index contributed by atoms with van der Waals surface area (Å²) in [5.41, 5.74) is -0.648. The van der Waals surface area contributed by atoms with Crippen molar-refractivity contribution in [2.75, 3.05) is 0 Å². The minimum absolute atomic E-state index is 0.0839. The molecular weight excluding hydrogens is 464 g/mol. The number of halogens is 6. The molecule has 0 saturated carbocycles. The monoisotopic (exact) mass is 477 g/mol. The number of aromatic nitrogens is 2. The highest BCUT2D eigenvalue weighted by atomic mass is 19.4. The third-order valence-electron chi connectivity index (χ3n) is 4.74. The Balaban J connectivity index is 1.92. The number of imidazole rings is 1. The number of fused-ring (bicyclic) bond motifs is 1. The number of alkyl halides is 5. The highest BCUT2D eigenvalue weighted by Gasteiger charge is 2.31. The van der Waals surface area contributed by atoms with Crippen molar-refractivity contribution in [3.05, 3.63) is 89.6 Å². The second-order valence-electron chi connectivity index (χ2n) is 6.95. The van der Waals surface area contributed by atoms with Gasteiger partial charge < -0.3 is 4.74 Å². The number of rotatable bonds is 5. The van der Waals surface area contributed by atoms with Crippen molar-refractivity contribution >= 4 is 23.4 Å². The van der Waals surface area contributed by atoms with Crippen molar-refractivity contribution in [1.29, 1.82) is 0 Å². The van der Waals surface area contributed by atoms with Crippen molar-refractivity contribution < 1.29 is 35.9 Å². The van der Waals surface area contributed by atoms with Crippen LogP contribution in [0, 0.1) is 0 Å². The molecule has 2 aromatic carbocycles. The van der Waals surface area contributed by atoms with Crippen LogP contribution in [-0.4, -0.2) is 27.9 Å². The molecule has 0 aliphatic rings. The van der Waals surface area contributed by atoms with Crippen molar-refractivity contribution in [2.24, 2.45) is 4.99 Å². The SMILES string of the molecule is O=C(c1ccccc1)c1ccc2nc(/N=C(/F)OC(F)F)c(-c3cccc(C(F)(F)F)c3)n2c1. The molecule has 0 radical (unpaired) electrons. The lowest BCUT2D eigenvalue weighted by molar-refractivity contribution is -0.137. The first kappa shape index (κ1) is 23.0. The normalized spacial score (nSPS) is 12.4. The standard InChI is InChI=1S/C23H13F6N3O2/c24-21(25)34-22(26)31-20-18(14-7-4-8-16(11-14)23(27,28)29)32-12-15(9-10-17(32)30-20)19(33)13-5-2-1-3-6-13/h1-12,21H/b31-22-. The first-order chi connectivity index (χ1) is 16.1. The maximum Gasteiger partial charge on any atom is 0.416 e. The highest BCUT2D eigenvalue weighted by molar-refractivity contribution is 6.09. The van der Waals surface area contributed by atoms with E-state index < -0.39 is 30.3 Å². The number of pyridine rings is 1. The molecule has 0 spiro atoms. The summed E-state index contributed by atoms with van der Waals surface area (Å²) in [4.78, 5) is 20.2. The molecular formula is C23H13F6N3O2. The van der Waals surface area contributed by atoms with E-state index in [1.165, 1.54) is 28.8 Å². The lowest BCUT2D eigenvalue weighted by Gasteiger charge is -2.10. The number of hydrogen-bond donors (Lipinski definition) is 0. The van der Waals surface area contributed by atoms with Gasteiger partial charge in [0.25, 0.3) is 0 Å². The van der Waals surface area contributed by atoms with Crippen LogP contribution in [0.5, 0.6) is 0 Å². The zero-order valence-corrected chi connectivity index (χ0v) is 16.9. The molecule has 34 heavy (non-hydrogen) atoms. The quantitative estimate of drug-likeness (QED) is 0.144. The van der Waals surface area contributed by atoms with Crippen LogP contribution >= 0.6 is 0 Å². The second kappa shape index (κ2) is 9.00. The Kier molecular flexibility index (Phi) is 6.10. The number of hydrogen-bond acceptors (Lipinski definition) is 4. The van der Waals surface area contributed by atoms with Crippen LogP contribution in [0.1, 0.15) is 21.5 Å².